The lowest BCUT2D eigenvalue weighted by Crippen LogP contribution is -2.30. The van der Waals surface area contributed by atoms with Crippen LogP contribution in [0.5, 0.6) is 0 Å². The molecule has 3 aromatic rings. The van der Waals surface area contributed by atoms with E-state index in [0.29, 0.717) is 14.6 Å². The number of sulfonamides is 1. The molecule has 0 radical (unpaired) electrons. The maximum absolute atomic E-state index is 12.2. The molecule has 3 heterocycles. The van der Waals surface area contributed by atoms with E-state index in [9.17, 15) is 13.2 Å². The molecule has 0 aliphatic heterocycles. The number of nitrogens with zero attached hydrogens (tertiary/aromatic N) is 2. The maximum atomic E-state index is 12.2. The Morgan fingerprint density at radius 1 is 1.32 bits per heavy atom. The van der Waals surface area contributed by atoms with Gasteiger partial charge in [0.05, 0.1) is 16.2 Å². The molecule has 0 aromatic carbocycles. The van der Waals surface area contributed by atoms with Crippen molar-refractivity contribution in [2.24, 2.45) is 0 Å². The molecule has 116 valence electrons. The van der Waals surface area contributed by atoms with E-state index in [2.05, 4.69) is 9.71 Å². The fraction of sp³-hybridized carbons (Fsp3) is 0.167. The number of halogens is 1. The van der Waals surface area contributed by atoms with Crippen LogP contribution in [-0.2, 0) is 16.6 Å². The molecule has 3 rings (SSSR count). The standard InChI is InChI=1S/C12H10ClN3O3S3/c13-9-1-2-10(21-9)22(18,19)15-4-5-16-7-14-8-3-6-20-11(8)12(16)17/h1-3,6-7,15H,4-5H2. The second-order valence-electron chi connectivity index (χ2n) is 4.33. The average molecular weight is 376 g/mol. The van der Waals surface area contributed by atoms with Crippen LogP contribution in [0.15, 0.2) is 38.9 Å². The summed E-state index contributed by atoms with van der Waals surface area (Å²) in [6.07, 6.45) is 1.42. The van der Waals surface area contributed by atoms with Crippen molar-refractivity contribution in [1.82, 2.24) is 14.3 Å². The lowest BCUT2D eigenvalue weighted by Gasteiger charge is -2.07. The number of fused-ring (bicyclic) bond motifs is 1. The first-order chi connectivity index (χ1) is 10.5. The number of rotatable bonds is 5. The summed E-state index contributed by atoms with van der Waals surface area (Å²) in [6, 6.07) is 4.75. The Morgan fingerprint density at radius 2 is 2.14 bits per heavy atom. The molecule has 3 aromatic heterocycles. The van der Waals surface area contributed by atoms with Gasteiger partial charge in [0.1, 0.15) is 8.91 Å². The third-order valence-corrected chi connectivity index (χ3v) is 6.97. The molecule has 0 unspecified atom stereocenters. The molecule has 22 heavy (non-hydrogen) atoms. The number of thiophene rings is 2. The first-order valence-electron chi connectivity index (χ1n) is 6.15. The Bertz CT molecular complexity index is 974. The molecule has 0 saturated carbocycles. The van der Waals surface area contributed by atoms with Crippen LogP contribution in [0.4, 0.5) is 0 Å². The summed E-state index contributed by atoms with van der Waals surface area (Å²) >= 11 is 8.04. The topological polar surface area (TPSA) is 81.1 Å². The molecule has 0 bridgehead atoms. The summed E-state index contributed by atoms with van der Waals surface area (Å²) in [5.74, 6) is 0. The van der Waals surface area contributed by atoms with Gasteiger partial charge in [0, 0.05) is 13.1 Å². The normalized spacial score (nSPS) is 12.0. The van der Waals surface area contributed by atoms with Gasteiger partial charge in [0.2, 0.25) is 10.0 Å². The Kier molecular flexibility index (Phi) is 4.33. The summed E-state index contributed by atoms with van der Waals surface area (Å²) < 4.78 is 29.0. The van der Waals surface area contributed by atoms with Crippen molar-refractivity contribution in [3.8, 4) is 0 Å². The molecule has 0 amide bonds. The number of nitrogens with one attached hydrogen (secondary N) is 1. The van der Waals surface area contributed by atoms with Crippen LogP contribution in [0, 0.1) is 0 Å². The minimum Gasteiger partial charge on any atom is -0.297 e. The maximum Gasteiger partial charge on any atom is 0.271 e. The predicted molar refractivity (Wildman–Crippen MR) is 88.4 cm³/mol. The molecule has 0 aliphatic rings. The molecule has 0 aliphatic carbocycles. The minimum atomic E-state index is -3.60. The fourth-order valence-corrected chi connectivity index (χ4v) is 5.19. The lowest BCUT2D eigenvalue weighted by atomic mass is 10.4. The van der Waals surface area contributed by atoms with Crippen LogP contribution in [-0.4, -0.2) is 24.5 Å². The smallest absolute Gasteiger partial charge is 0.271 e. The van der Waals surface area contributed by atoms with E-state index in [1.54, 1.807) is 11.4 Å². The Balaban J connectivity index is 1.72. The van der Waals surface area contributed by atoms with E-state index in [4.69, 9.17) is 11.6 Å². The molecule has 0 atom stereocenters. The third kappa shape index (κ3) is 3.08. The summed E-state index contributed by atoms with van der Waals surface area (Å²) in [5.41, 5.74) is 0.485. The highest BCUT2D eigenvalue weighted by Gasteiger charge is 2.16. The summed E-state index contributed by atoms with van der Waals surface area (Å²) in [6.45, 7) is 0.300. The van der Waals surface area contributed by atoms with E-state index in [-0.39, 0.29) is 22.9 Å². The van der Waals surface area contributed by atoms with Gasteiger partial charge in [-0.25, -0.2) is 18.1 Å². The van der Waals surface area contributed by atoms with E-state index < -0.39 is 10.0 Å². The molecule has 1 N–H and O–H groups in total. The van der Waals surface area contributed by atoms with E-state index in [1.807, 2.05) is 0 Å². The van der Waals surface area contributed by atoms with Crippen molar-refractivity contribution in [3.05, 3.63) is 44.6 Å². The van der Waals surface area contributed by atoms with Gasteiger partial charge in [0.15, 0.2) is 0 Å². The second-order valence-corrected chi connectivity index (χ2v) is 8.96. The predicted octanol–water partition coefficient (Wildman–Crippen LogP) is 2.15. The molecule has 6 nitrogen and oxygen atoms in total. The zero-order chi connectivity index (χ0) is 15.7. The summed E-state index contributed by atoms with van der Waals surface area (Å²) in [5, 5.41) is 1.80. The van der Waals surface area contributed by atoms with Gasteiger partial charge < -0.3 is 0 Å². The number of aromatic nitrogens is 2. The average Bonchev–Trinajstić information content (AvgIpc) is 3.10. The van der Waals surface area contributed by atoms with Crippen LogP contribution in [0.1, 0.15) is 0 Å². The van der Waals surface area contributed by atoms with Gasteiger partial charge in [-0.2, -0.15) is 0 Å². The largest absolute Gasteiger partial charge is 0.297 e. The molecular formula is C12H10ClN3O3S3. The quantitative estimate of drug-likeness (QED) is 0.740. The summed E-state index contributed by atoms with van der Waals surface area (Å²) in [7, 11) is -3.60. The van der Waals surface area contributed by atoms with Crippen LogP contribution in [0.2, 0.25) is 4.34 Å². The zero-order valence-corrected chi connectivity index (χ0v) is 14.2. The highest BCUT2D eigenvalue weighted by Crippen LogP contribution is 2.25. The SMILES string of the molecule is O=c1c2sccc2ncn1CCNS(=O)(=O)c1ccc(Cl)s1. The van der Waals surface area contributed by atoms with E-state index in [1.165, 1.54) is 34.4 Å². The number of hydrogen-bond acceptors (Lipinski definition) is 6. The van der Waals surface area contributed by atoms with Gasteiger partial charge in [-0.3, -0.25) is 9.36 Å². The van der Waals surface area contributed by atoms with Gasteiger partial charge >= 0.3 is 0 Å². The zero-order valence-electron chi connectivity index (χ0n) is 11.0. The Morgan fingerprint density at radius 3 is 2.86 bits per heavy atom. The fourth-order valence-electron chi connectivity index (χ4n) is 1.85. The van der Waals surface area contributed by atoms with E-state index >= 15 is 0 Å². The summed E-state index contributed by atoms with van der Waals surface area (Å²) in [4.78, 5) is 16.3. The van der Waals surface area contributed by atoms with Crippen LogP contribution in [0.25, 0.3) is 10.2 Å². The van der Waals surface area contributed by atoms with Gasteiger partial charge in [-0.15, -0.1) is 22.7 Å². The van der Waals surface area contributed by atoms with Crippen molar-refractivity contribution in [3.63, 3.8) is 0 Å². The van der Waals surface area contributed by atoms with E-state index in [0.717, 1.165) is 11.3 Å². The van der Waals surface area contributed by atoms with Crippen molar-refractivity contribution in [2.75, 3.05) is 6.54 Å². The van der Waals surface area contributed by atoms with Crippen molar-refractivity contribution < 1.29 is 8.42 Å². The molecular weight excluding hydrogens is 366 g/mol. The molecule has 0 spiro atoms. The van der Waals surface area contributed by atoms with Crippen molar-refractivity contribution >= 4 is 54.5 Å². The Hall–Kier alpha value is -1.26. The first-order valence-corrected chi connectivity index (χ1v) is 9.71. The van der Waals surface area contributed by atoms with Gasteiger partial charge in [-0.1, -0.05) is 11.6 Å². The van der Waals surface area contributed by atoms with Crippen LogP contribution < -0.4 is 10.3 Å². The molecule has 0 saturated heterocycles. The van der Waals surface area contributed by atoms with Crippen molar-refractivity contribution in [1.29, 1.82) is 0 Å². The second kappa shape index (κ2) is 6.09. The molecule has 10 heteroatoms. The Labute approximate surface area is 139 Å². The highest BCUT2D eigenvalue weighted by atomic mass is 35.5. The van der Waals surface area contributed by atoms with Gasteiger partial charge in [-0.05, 0) is 23.6 Å². The van der Waals surface area contributed by atoms with Crippen LogP contribution >= 0.6 is 34.3 Å². The van der Waals surface area contributed by atoms with Crippen molar-refractivity contribution in [2.45, 2.75) is 10.8 Å². The highest BCUT2D eigenvalue weighted by molar-refractivity contribution is 7.91. The third-order valence-electron chi connectivity index (χ3n) is 2.89. The molecule has 0 fully saturated rings. The first kappa shape index (κ1) is 15.6. The van der Waals surface area contributed by atoms with Crippen LogP contribution in [0.3, 0.4) is 0 Å². The lowest BCUT2D eigenvalue weighted by molar-refractivity contribution is 0.571. The monoisotopic (exact) mass is 375 g/mol. The minimum absolute atomic E-state index is 0.0936. The van der Waals surface area contributed by atoms with Gasteiger partial charge in [0.25, 0.3) is 5.56 Å². The number of hydrogen-bond donors (Lipinski definition) is 1.